The second kappa shape index (κ2) is 2.11. The summed E-state index contributed by atoms with van der Waals surface area (Å²) < 4.78 is 28.3. The van der Waals surface area contributed by atoms with Gasteiger partial charge in [0, 0.05) is 0 Å². The summed E-state index contributed by atoms with van der Waals surface area (Å²) in [7, 11) is -3.21. The van der Waals surface area contributed by atoms with E-state index >= 15 is 0 Å². The van der Waals surface area contributed by atoms with Crippen molar-refractivity contribution in [2.24, 2.45) is 17.3 Å². The van der Waals surface area contributed by atoms with Crippen molar-refractivity contribution in [1.29, 1.82) is 0 Å². The first-order valence-corrected chi connectivity index (χ1v) is 6.37. The molecule has 0 spiro atoms. The van der Waals surface area contributed by atoms with Crippen molar-refractivity contribution in [3.8, 4) is 0 Å². The predicted octanol–water partition coefficient (Wildman–Crippen LogP) is 1.15. The van der Waals surface area contributed by atoms with Crippen LogP contribution in [-0.4, -0.2) is 20.3 Å². The molecule has 4 heteroatoms. The maximum absolute atomic E-state index is 11.6. The third-order valence-electron chi connectivity index (χ3n) is 4.27. The molecule has 4 rings (SSSR count). The first-order chi connectivity index (χ1) is 6.01. The Bertz CT molecular complexity index is 348. The highest BCUT2D eigenvalue weighted by atomic mass is 32.2. The molecule has 0 N–H and O–H groups in total. The van der Waals surface area contributed by atoms with Gasteiger partial charge in [0.05, 0.1) is 11.9 Å². The van der Waals surface area contributed by atoms with E-state index < -0.39 is 10.1 Å². The van der Waals surface area contributed by atoms with Crippen LogP contribution in [0, 0.1) is 17.3 Å². The van der Waals surface area contributed by atoms with Gasteiger partial charge in [0.15, 0.2) is 0 Å². The average molecular weight is 202 g/mol. The van der Waals surface area contributed by atoms with Crippen LogP contribution in [-0.2, 0) is 14.3 Å². The summed E-state index contributed by atoms with van der Waals surface area (Å²) in [4.78, 5) is 0. The first-order valence-electron chi connectivity index (χ1n) is 4.89. The van der Waals surface area contributed by atoms with Crippen LogP contribution in [0.25, 0.3) is 0 Å². The van der Waals surface area contributed by atoms with E-state index in [2.05, 4.69) is 6.92 Å². The topological polar surface area (TPSA) is 43.4 Å². The molecule has 0 aromatic heterocycles. The molecule has 0 aromatic carbocycles. The first kappa shape index (κ1) is 8.24. The monoisotopic (exact) mass is 202 g/mol. The van der Waals surface area contributed by atoms with Crippen molar-refractivity contribution in [3.05, 3.63) is 0 Å². The molecule has 2 saturated carbocycles. The second-order valence-corrected chi connectivity index (χ2v) is 6.91. The summed E-state index contributed by atoms with van der Waals surface area (Å²) in [5, 5.41) is -0.173. The van der Waals surface area contributed by atoms with Gasteiger partial charge in [-0.1, -0.05) is 6.92 Å². The van der Waals surface area contributed by atoms with E-state index in [4.69, 9.17) is 4.18 Å². The molecule has 4 aliphatic rings. The predicted molar refractivity (Wildman–Crippen MR) is 47.6 cm³/mol. The summed E-state index contributed by atoms with van der Waals surface area (Å²) >= 11 is 0. The number of rotatable bonds is 0. The Labute approximate surface area is 78.6 Å². The Morgan fingerprint density at radius 2 is 2.15 bits per heavy atom. The minimum absolute atomic E-state index is 0.157. The molecule has 4 fully saturated rings. The van der Waals surface area contributed by atoms with Crippen molar-refractivity contribution in [1.82, 2.24) is 0 Å². The largest absolute Gasteiger partial charge is 0.270 e. The molecule has 3 nitrogen and oxygen atoms in total. The molecule has 0 radical (unpaired) electrons. The van der Waals surface area contributed by atoms with Gasteiger partial charge < -0.3 is 0 Å². The van der Waals surface area contributed by atoms with Crippen molar-refractivity contribution in [3.63, 3.8) is 0 Å². The summed E-state index contributed by atoms with van der Waals surface area (Å²) in [5.41, 5.74) is 0.157. The summed E-state index contributed by atoms with van der Waals surface area (Å²) in [6, 6.07) is 0. The molecule has 2 aliphatic heterocycles. The Hall–Kier alpha value is -0.0900. The maximum atomic E-state index is 11.6. The zero-order valence-electron chi connectivity index (χ0n) is 7.69. The molecule has 2 aliphatic carbocycles. The van der Waals surface area contributed by atoms with Gasteiger partial charge in [-0.2, -0.15) is 8.42 Å². The van der Waals surface area contributed by atoms with Gasteiger partial charge in [0.25, 0.3) is 10.1 Å². The van der Waals surface area contributed by atoms with Crippen LogP contribution in [0.5, 0.6) is 0 Å². The zero-order chi connectivity index (χ0) is 9.27. The minimum atomic E-state index is -3.21. The molecule has 13 heavy (non-hydrogen) atoms. The Balaban J connectivity index is 2.12. The fourth-order valence-corrected chi connectivity index (χ4v) is 5.23. The molecule has 2 heterocycles. The molecule has 4 bridgehead atoms. The fourth-order valence-electron chi connectivity index (χ4n) is 3.47. The lowest BCUT2D eigenvalue weighted by atomic mass is 9.75. The van der Waals surface area contributed by atoms with Crippen LogP contribution >= 0.6 is 0 Å². The zero-order valence-corrected chi connectivity index (χ0v) is 8.51. The highest BCUT2D eigenvalue weighted by Crippen LogP contribution is 2.59. The molecule has 2 saturated heterocycles. The van der Waals surface area contributed by atoms with Crippen LogP contribution in [0.4, 0.5) is 0 Å². The summed E-state index contributed by atoms with van der Waals surface area (Å²) in [6.07, 6.45) is 3.02. The number of hydrogen-bond donors (Lipinski definition) is 0. The average Bonchev–Trinajstić information content (AvgIpc) is 2.53. The lowest BCUT2D eigenvalue weighted by Crippen LogP contribution is -2.29. The van der Waals surface area contributed by atoms with Gasteiger partial charge in [0.1, 0.15) is 0 Å². The fraction of sp³-hybridized carbons (Fsp3) is 1.00. The number of fused-ring (bicyclic) bond motifs is 2. The smallest absolute Gasteiger partial charge is 0.269 e. The van der Waals surface area contributed by atoms with Crippen molar-refractivity contribution < 1.29 is 12.6 Å². The Morgan fingerprint density at radius 3 is 2.77 bits per heavy atom. The third-order valence-corrected chi connectivity index (χ3v) is 6.03. The van der Waals surface area contributed by atoms with E-state index in [-0.39, 0.29) is 10.7 Å². The van der Waals surface area contributed by atoms with Gasteiger partial charge in [-0.05, 0) is 36.5 Å². The van der Waals surface area contributed by atoms with Crippen LogP contribution < -0.4 is 0 Å². The van der Waals surface area contributed by atoms with E-state index in [1.807, 2.05) is 0 Å². The van der Waals surface area contributed by atoms with Gasteiger partial charge in [0.2, 0.25) is 0 Å². The van der Waals surface area contributed by atoms with Crippen LogP contribution in [0.15, 0.2) is 0 Å². The van der Waals surface area contributed by atoms with Crippen LogP contribution in [0.2, 0.25) is 0 Å². The Morgan fingerprint density at radius 1 is 1.38 bits per heavy atom. The van der Waals surface area contributed by atoms with E-state index in [1.165, 1.54) is 0 Å². The summed E-state index contributed by atoms with van der Waals surface area (Å²) in [5.74, 6) is 0.988. The normalized spacial score (nSPS) is 56.8. The van der Waals surface area contributed by atoms with Gasteiger partial charge in [-0.3, -0.25) is 4.18 Å². The Kier molecular flexibility index (Phi) is 1.34. The van der Waals surface area contributed by atoms with Crippen molar-refractivity contribution in [2.75, 3.05) is 6.61 Å². The molecule has 4 unspecified atom stereocenters. The van der Waals surface area contributed by atoms with Gasteiger partial charge in [-0.15, -0.1) is 0 Å². The SMILES string of the molecule is CC12COS(=O)(=O)C3CC1CC3C2. The minimum Gasteiger partial charge on any atom is -0.269 e. The van der Waals surface area contributed by atoms with Crippen molar-refractivity contribution >= 4 is 10.1 Å². The van der Waals surface area contributed by atoms with Gasteiger partial charge >= 0.3 is 0 Å². The molecular weight excluding hydrogens is 188 g/mol. The second-order valence-electron chi connectivity index (χ2n) is 5.08. The van der Waals surface area contributed by atoms with E-state index in [0.717, 1.165) is 19.3 Å². The molecule has 4 atom stereocenters. The molecular formula is C9H14O3S. The molecule has 0 amide bonds. The molecule has 74 valence electrons. The standard InChI is InChI=1S/C9H14O3S/c1-9-4-6-2-7(9)3-8(6)13(10,11)12-5-9/h6-8H,2-5H2,1H3. The highest BCUT2D eigenvalue weighted by molar-refractivity contribution is 7.87. The van der Waals surface area contributed by atoms with E-state index in [1.54, 1.807) is 0 Å². The lowest BCUT2D eigenvalue weighted by Gasteiger charge is -2.30. The van der Waals surface area contributed by atoms with Crippen LogP contribution in [0.3, 0.4) is 0 Å². The third kappa shape index (κ3) is 0.907. The molecule has 0 aromatic rings. The van der Waals surface area contributed by atoms with Gasteiger partial charge in [-0.25, -0.2) is 0 Å². The maximum Gasteiger partial charge on any atom is 0.270 e. The lowest BCUT2D eigenvalue weighted by molar-refractivity contribution is 0.126. The van der Waals surface area contributed by atoms with E-state index in [9.17, 15) is 8.42 Å². The van der Waals surface area contributed by atoms with Crippen molar-refractivity contribution in [2.45, 2.75) is 31.4 Å². The number of hydrogen-bond acceptors (Lipinski definition) is 3. The van der Waals surface area contributed by atoms with E-state index in [0.29, 0.717) is 18.4 Å². The van der Waals surface area contributed by atoms with Crippen LogP contribution in [0.1, 0.15) is 26.2 Å². The quantitative estimate of drug-likeness (QED) is 0.553. The highest BCUT2D eigenvalue weighted by Gasteiger charge is 2.59. The summed E-state index contributed by atoms with van der Waals surface area (Å²) in [6.45, 7) is 2.60.